The highest BCUT2D eigenvalue weighted by Gasteiger charge is 2.16. The number of phenolic OH excluding ortho intramolecular Hbond substituents is 1. The van der Waals surface area contributed by atoms with Gasteiger partial charge in [-0.15, -0.1) is 0 Å². The highest BCUT2D eigenvalue weighted by atomic mass is 16.3. The van der Waals surface area contributed by atoms with Gasteiger partial charge in [0, 0.05) is 11.8 Å². The molecule has 0 aliphatic carbocycles. The van der Waals surface area contributed by atoms with Crippen molar-refractivity contribution in [1.82, 2.24) is 5.32 Å². The van der Waals surface area contributed by atoms with Crippen molar-refractivity contribution in [3.63, 3.8) is 0 Å². The largest absolute Gasteiger partial charge is 0.507 e. The smallest absolute Gasteiger partial charge is 0.221 e. The zero-order chi connectivity index (χ0) is 20.1. The Balaban J connectivity index is 1.52. The quantitative estimate of drug-likeness (QED) is 0.471. The van der Waals surface area contributed by atoms with Crippen molar-refractivity contribution in [2.75, 3.05) is 0 Å². The number of rotatable bonds is 6. The van der Waals surface area contributed by atoms with Crippen molar-refractivity contribution in [3.05, 3.63) is 114 Å². The standard InChI is InChI=1S/C26H23NO2/c28-24-16-8-14-22-19(13-7-15-23(22)24)17-18-25(29)27-26(20-9-3-1-4-10-20)21-11-5-2-6-12-21/h1-16,26,28H,17-18H2,(H,27,29). The van der Waals surface area contributed by atoms with Crippen LogP contribution in [-0.2, 0) is 11.2 Å². The molecular weight excluding hydrogens is 358 g/mol. The first-order valence-corrected chi connectivity index (χ1v) is 9.81. The molecule has 0 saturated heterocycles. The molecule has 4 aromatic rings. The van der Waals surface area contributed by atoms with Crippen molar-refractivity contribution in [1.29, 1.82) is 0 Å². The number of carbonyl (C=O) groups is 1. The summed E-state index contributed by atoms with van der Waals surface area (Å²) in [5.41, 5.74) is 3.17. The van der Waals surface area contributed by atoms with E-state index in [2.05, 4.69) is 5.32 Å². The van der Waals surface area contributed by atoms with Crippen molar-refractivity contribution in [2.45, 2.75) is 18.9 Å². The maximum atomic E-state index is 12.8. The lowest BCUT2D eigenvalue weighted by Gasteiger charge is -2.20. The molecule has 3 nitrogen and oxygen atoms in total. The number of fused-ring (bicyclic) bond motifs is 1. The summed E-state index contributed by atoms with van der Waals surface area (Å²) in [6.45, 7) is 0. The molecule has 0 fully saturated rings. The molecule has 0 atom stereocenters. The van der Waals surface area contributed by atoms with Gasteiger partial charge in [-0.2, -0.15) is 0 Å². The average molecular weight is 381 g/mol. The second-order valence-electron chi connectivity index (χ2n) is 7.11. The molecule has 0 aliphatic heterocycles. The molecule has 1 amide bonds. The minimum atomic E-state index is -0.179. The van der Waals surface area contributed by atoms with Crippen LogP contribution in [-0.4, -0.2) is 11.0 Å². The lowest BCUT2D eigenvalue weighted by atomic mass is 9.97. The molecule has 0 unspecified atom stereocenters. The Morgan fingerprint density at radius 2 is 1.31 bits per heavy atom. The summed E-state index contributed by atoms with van der Waals surface area (Å²) in [5.74, 6) is 0.266. The van der Waals surface area contributed by atoms with E-state index >= 15 is 0 Å². The Hall–Kier alpha value is -3.59. The predicted molar refractivity (Wildman–Crippen MR) is 117 cm³/mol. The van der Waals surface area contributed by atoms with Crippen LogP contribution >= 0.6 is 0 Å². The van der Waals surface area contributed by atoms with Gasteiger partial charge in [-0.25, -0.2) is 0 Å². The fourth-order valence-corrected chi connectivity index (χ4v) is 3.71. The van der Waals surface area contributed by atoms with Crippen molar-refractivity contribution >= 4 is 16.7 Å². The molecule has 0 aliphatic rings. The third-order valence-electron chi connectivity index (χ3n) is 5.18. The van der Waals surface area contributed by atoms with Crippen LogP contribution in [0, 0.1) is 0 Å². The van der Waals surface area contributed by atoms with E-state index in [4.69, 9.17) is 0 Å². The third kappa shape index (κ3) is 4.30. The van der Waals surface area contributed by atoms with E-state index in [-0.39, 0.29) is 17.7 Å². The average Bonchev–Trinajstić information content (AvgIpc) is 2.77. The Kier molecular flexibility index (Phi) is 5.57. The predicted octanol–water partition coefficient (Wildman–Crippen LogP) is 5.38. The van der Waals surface area contributed by atoms with E-state index in [1.807, 2.05) is 91.0 Å². The molecule has 3 heteroatoms. The van der Waals surface area contributed by atoms with Crippen LogP contribution < -0.4 is 5.32 Å². The minimum Gasteiger partial charge on any atom is -0.507 e. The maximum Gasteiger partial charge on any atom is 0.221 e. The monoisotopic (exact) mass is 381 g/mol. The van der Waals surface area contributed by atoms with E-state index in [0.717, 1.165) is 27.5 Å². The van der Waals surface area contributed by atoms with Crippen LogP contribution in [0.2, 0.25) is 0 Å². The van der Waals surface area contributed by atoms with Crippen LogP contribution in [0.4, 0.5) is 0 Å². The molecule has 2 N–H and O–H groups in total. The molecule has 0 spiro atoms. The van der Waals surface area contributed by atoms with Gasteiger partial charge >= 0.3 is 0 Å². The number of hydrogen-bond donors (Lipinski definition) is 2. The van der Waals surface area contributed by atoms with Gasteiger partial charge < -0.3 is 10.4 Å². The first kappa shape index (κ1) is 18.8. The second kappa shape index (κ2) is 8.61. The Morgan fingerprint density at radius 3 is 1.97 bits per heavy atom. The number of amides is 1. The number of carbonyl (C=O) groups excluding carboxylic acids is 1. The first-order chi connectivity index (χ1) is 14.2. The normalized spacial score (nSPS) is 10.9. The minimum absolute atomic E-state index is 0.000128. The maximum absolute atomic E-state index is 12.8. The molecule has 4 aromatic carbocycles. The fourth-order valence-electron chi connectivity index (χ4n) is 3.71. The van der Waals surface area contributed by atoms with Gasteiger partial charge in [0.05, 0.1) is 6.04 Å². The summed E-state index contributed by atoms with van der Waals surface area (Å²) >= 11 is 0. The highest BCUT2D eigenvalue weighted by Crippen LogP contribution is 2.28. The van der Waals surface area contributed by atoms with E-state index < -0.39 is 0 Å². The summed E-state index contributed by atoms with van der Waals surface area (Å²) in [6, 6.07) is 31.2. The van der Waals surface area contributed by atoms with E-state index in [9.17, 15) is 9.90 Å². The lowest BCUT2D eigenvalue weighted by Crippen LogP contribution is -2.29. The molecule has 29 heavy (non-hydrogen) atoms. The Bertz CT molecular complexity index is 1070. The van der Waals surface area contributed by atoms with Crippen LogP contribution in [0.15, 0.2) is 97.1 Å². The summed E-state index contributed by atoms with van der Waals surface area (Å²) in [6.07, 6.45) is 0.994. The van der Waals surface area contributed by atoms with Gasteiger partial charge in [-0.3, -0.25) is 4.79 Å². The lowest BCUT2D eigenvalue weighted by molar-refractivity contribution is -0.121. The first-order valence-electron chi connectivity index (χ1n) is 9.81. The van der Waals surface area contributed by atoms with E-state index in [1.165, 1.54) is 0 Å². The van der Waals surface area contributed by atoms with Gasteiger partial charge in [0.2, 0.25) is 5.91 Å². The summed E-state index contributed by atoms with van der Waals surface area (Å²) < 4.78 is 0. The van der Waals surface area contributed by atoms with Crippen LogP contribution in [0.25, 0.3) is 10.8 Å². The molecule has 0 radical (unpaired) electrons. The fraction of sp³-hybridized carbons (Fsp3) is 0.115. The summed E-state index contributed by atoms with van der Waals surface area (Å²) in [7, 11) is 0. The van der Waals surface area contributed by atoms with Gasteiger partial charge in [0.25, 0.3) is 0 Å². The Morgan fingerprint density at radius 1 is 0.724 bits per heavy atom. The molecule has 144 valence electrons. The number of benzene rings is 4. The molecular formula is C26H23NO2. The molecule has 4 rings (SSSR count). The summed E-state index contributed by atoms with van der Waals surface area (Å²) in [4.78, 5) is 12.8. The van der Waals surface area contributed by atoms with E-state index in [0.29, 0.717) is 12.8 Å². The van der Waals surface area contributed by atoms with Gasteiger partial charge in [-0.05, 0) is 34.6 Å². The molecule has 0 aromatic heterocycles. The number of phenols is 1. The molecule has 0 heterocycles. The number of aryl methyl sites for hydroxylation is 1. The van der Waals surface area contributed by atoms with Crippen molar-refractivity contribution in [2.24, 2.45) is 0 Å². The SMILES string of the molecule is O=C(CCc1cccc2c(O)cccc12)NC(c1ccccc1)c1ccccc1. The Labute approximate surface area is 170 Å². The molecule has 0 saturated carbocycles. The van der Waals surface area contributed by atoms with Gasteiger partial charge in [-0.1, -0.05) is 91.0 Å². The van der Waals surface area contributed by atoms with Gasteiger partial charge in [0.15, 0.2) is 0 Å². The number of hydrogen-bond acceptors (Lipinski definition) is 2. The second-order valence-corrected chi connectivity index (χ2v) is 7.11. The van der Waals surface area contributed by atoms with Crippen LogP contribution in [0.3, 0.4) is 0 Å². The zero-order valence-corrected chi connectivity index (χ0v) is 16.1. The highest BCUT2D eigenvalue weighted by molar-refractivity contribution is 5.91. The van der Waals surface area contributed by atoms with Gasteiger partial charge in [0.1, 0.15) is 5.75 Å². The van der Waals surface area contributed by atoms with Crippen LogP contribution in [0.5, 0.6) is 5.75 Å². The zero-order valence-electron chi connectivity index (χ0n) is 16.1. The topological polar surface area (TPSA) is 49.3 Å². The number of nitrogens with one attached hydrogen (secondary N) is 1. The number of aromatic hydroxyl groups is 1. The third-order valence-corrected chi connectivity index (χ3v) is 5.18. The molecule has 0 bridgehead atoms. The summed E-state index contributed by atoms with van der Waals surface area (Å²) in [5, 5.41) is 15.1. The van der Waals surface area contributed by atoms with Crippen LogP contribution in [0.1, 0.15) is 29.2 Å². The van der Waals surface area contributed by atoms with Crippen molar-refractivity contribution in [3.8, 4) is 5.75 Å². The van der Waals surface area contributed by atoms with E-state index in [1.54, 1.807) is 6.07 Å². The van der Waals surface area contributed by atoms with Crippen molar-refractivity contribution < 1.29 is 9.90 Å².